The van der Waals surface area contributed by atoms with Crippen LogP contribution in [-0.2, 0) is 11.2 Å². The first-order valence-electron chi connectivity index (χ1n) is 6.45. The molecule has 0 saturated heterocycles. The van der Waals surface area contributed by atoms with Crippen LogP contribution in [0.1, 0.15) is 16.7 Å². The van der Waals surface area contributed by atoms with E-state index in [1.54, 1.807) is 12.1 Å². The smallest absolute Gasteiger partial charge is 0.328 e. The van der Waals surface area contributed by atoms with E-state index in [2.05, 4.69) is 0 Å². The van der Waals surface area contributed by atoms with Crippen molar-refractivity contribution in [2.75, 3.05) is 7.11 Å². The molecular weight excluding hydrogens is 268 g/mol. The van der Waals surface area contributed by atoms with Crippen LogP contribution in [0.15, 0.2) is 48.5 Å². The van der Waals surface area contributed by atoms with Crippen molar-refractivity contribution in [1.82, 2.24) is 0 Å². The molecule has 0 aromatic heterocycles. The summed E-state index contributed by atoms with van der Waals surface area (Å²) in [5.74, 6) is -0.627. The van der Waals surface area contributed by atoms with Crippen molar-refractivity contribution < 1.29 is 19.7 Å². The van der Waals surface area contributed by atoms with Gasteiger partial charge < -0.3 is 14.9 Å². The van der Waals surface area contributed by atoms with Crippen LogP contribution in [0.2, 0.25) is 0 Å². The normalized spacial score (nSPS) is 10.7. The van der Waals surface area contributed by atoms with Crippen LogP contribution in [0.5, 0.6) is 11.5 Å². The third-order valence-corrected chi connectivity index (χ3v) is 3.13. The van der Waals surface area contributed by atoms with Gasteiger partial charge in [0.15, 0.2) is 11.5 Å². The van der Waals surface area contributed by atoms with Crippen molar-refractivity contribution in [3.63, 3.8) is 0 Å². The molecule has 0 atom stereocenters. The van der Waals surface area contributed by atoms with Gasteiger partial charge in [-0.15, -0.1) is 0 Å². The fourth-order valence-corrected chi connectivity index (χ4v) is 2.10. The largest absolute Gasteiger partial charge is 0.504 e. The predicted molar refractivity (Wildman–Crippen MR) is 80.6 cm³/mol. The summed E-state index contributed by atoms with van der Waals surface area (Å²) in [5.41, 5.74) is 2.31. The molecule has 0 heterocycles. The SMILES string of the molecule is COc1ccc(C=CC(=O)O)c(Cc2ccccc2)c1O. The van der Waals surface area contributed by atoms with Gasteiger partial charge >= 0.3 is 5.97 Å². The topological polar surface area (TPSA) is 66.8 Å². The van der Waals surface area contributed by atoms with Gasteiger partial charge in [0.25, 0.3) is 0 Å². The predicted octanol–water partition coefficient (Wildman–Crippen LogP) is 3.09. The zero-order valence-corrected chi connectivity index (χ0v) is 11.6. The van der Waals surface area contributed by atoms with Crippen molar-refractivity contribution in [3.8, 4) is 11.5 Å². The lowest BCUT2D eigenvalue weighted by Gasteiger charge is -2.12. The highest BCUT2D eigenvalue weighted by atomic mass is 16.5. The number of aliphatic carboxylic acids is 1. The van der Waals surface area contributed by atoms with Crippen LogP contribution in [0.25, 0.3) is 6.08 Å². The average Bonchev–Trinajstić information content (AvgIpc) is 2.49. The van der Waals surface area contributed by atoms with Gasteiger partial charge in [0.05, 0.1) is 7.11 Å². The second-order valence-corrected chi connectivity index (χ2v) is 4.52. The quantitative estimate of drug-likeness (QED) is 0.828. The molecular formula is C17H16O4. The molecule has 21 heavy (non-hydrogen) atoms. The number of rotatable bonds is 5. The standard InChI is InChI=1S/C17H16O4/c1-21-15-9-7-13(8-10-16(18)19)14(17(15)20)11-12-5-3-2-4-6-12/h2-10,20H,11H2,1H3,(H,18,19). The van der Waals surface area contributed by atoms with Gasteiger partial charge in [-0.3, -0.25) is 0 Å². The second kappa shape index (κ2) is 6.61. The monoisotopic (exact) mass is 284 g/mol. The van der Waals surface area contributed by atoms with Gasteiger partial charge in [-0.05, 0) is 23.3 Å². The Bertz CT molecular complexity index is 660. The zero-order valence-electron chi connectivity index (χ0n) is 11.6. The van der Waals surface area contributed by atoms with E-state index in [1.165, 1.54) is 13.2 Å². The number of hydrogen-bond acceptors (Lipinski definition) is 3. The Morgan fingerprint density at radius 1 is 1.19 bits per heavy atom. The van der Waals surface area contributed by atoms with Gasteiger partial charge in [-0.25, -0.2) is 4.79 Å². The van der Waals surface area contributed by atoms with Crippen molar-refractivity contribution in [1.29, 1.82) is 0 Å². The molecule has 2 N–H and O–H groups in total. The van der Waals surface area contributed by atoms with E-state index in [4.69, 9.17) is 9.84 Å². The van der Waals surface area contributed by atoms with Crippen molar-refractivity contribution in [2.45, 2.75) is 6.42 Å². The Kier molecular flexibility index (Phi) is 4.61. The molecule has 0 bridgehead atoms. The van der Waals surface area contributed by atoms with E-state index in [1.807, 2.05) is 30.3 Å². The summed E-state index contributed by atoms with van der Waals surface area (Å²) in [6.07, 6.45) is 3.01. The zero-order chi connectivity index (χ0) is 15.2. The lowest BCUT2D eigenvalue weighted by molar-refractivity contribution is -0.131. The van der Waals surface area contributed by atoms with E-state index in [9.17, 15) is 9.90 Å². The van der Waals surface area contributed by atoms with Crippen LogP contribution < -0.4 is 4.74 Å². The molecule has 0 unspecified atom stereocenters. The Morgan fingerprint density at radius 2 is 1.90 bits per heavy atom. The van der Waals surface area contributed by atoms with Crippen molar-refractivity contribution >= 4 is 12.0 Å². The molecule has 2 aromatic rings. The van der Waals surface area contributed by atoms with E-state index in [0.29, 0.717) is 23.3 Å². The molecule has 0 fully saturated rings. The van der Waals surface area contributed by atoms with Gasteiger partial charge in [-0.2, -0.15) is 0 Å². The summed E-state index contributed by atoms with van der Waals surface area (Å²) in [6.45, 7) is 0. The highest BCUT2D eigenvalue weighted by molar-refractivity contribution is 5.86. The summed E-state index contributed by atoms with van der Waals surface area (Å²) in [4.78, 5) is 10.7. The lowest BCUT2D eigenvalue weighted by Crippen LogP contribution is -1.96. The second-order valence-electron chi connectivity index (χ2n) is 4.52. The maximum atomic E-state index is 10.7. The molecule has 0 aliphatic rings. The summed E-state index contributed by atoms with van der Waals surface area (Å²) in [7, 11) is 1.48. The fourth-order valence-electron chi connectivity index (χ4n) is 2.10. The summed E-state index contributed by atoms with van der Waals surface area (Å²) >= 11 is 0. The first kappa shape index (κ1) is 14.7. The molecule has 2 rings (SSSR count). The number of carboxylic acid groups (broad SMARTS) is 1. The number of aromatic hydroxyl groups is 1. The van der Waals surface area contributed by atoms with Crippen molar-refractivity contribution in [3.05, 3.63) is 65.2 Å². The lowest BCUT2D eigenvalue weighted by atomic mass is 9.98. The number of carboxylic acids is 1. The molecule has 2 aromatic carbocycles. The van der Waals surface area contributed by atoms with Crippen LogP contribution in [0.3, 0.4) is 0 Å². The minimum atomic E-state index is -1.03. The third-order valence-electron chi connectivity index (χ3n) is 3.13. The number of hydrogen-bond donors (Lipinski definition) is 2. The first-order valence-corrected chi connectivity index (χ1v) is 6.45. The molecule has 0 saturated carbocycles. The number of carbonyl (C=O) groups is 1. The number of phenolic OH excluding ortho intramolecular Hbond substituents is 1. The van der Waals surface area contributed by atoms with Crippen LogP contribution in [0.4, 0.5) is 0 Å². The van der Waals surface area contributed by atoms with Crippen LogP contribution in [-0.4, -0.2) is 23.3 Å². The van der Waals surface area contributed by atoms with Gasteiger partial charge in [-0.1, -0.05) is 36.4 Å². The molecule has 0 aliphatic carbocycles. The maximum Gasteiger partial charge on any atom is 0.328 e. The fraction of sp³-hybridized carbons (Fsp3) is 0.118. The molecule has 4 nitrogen and oxygen atoms in total. The third kappa shape index (κ3) is 3.63. The molecule has 0 radical (unpaired) electrons. The van der Waals surface area contributed by atoms with Crippen molar-refractivity contribution in [2.24, 2.45) is 0 Å². The molecule has 108 valence electrons. The Morgan fingerprint density at radius 3 is 2.52 bits per heavy atom. The highest BCUT2D eigenvalue weighted by Gasteiger charge is 2.12. The highest BCUT2D eigenvalue weighted by Crippen LogP contribution is 2.34. The minimum Gasteiger partial charge on any atom is -0.504 e. The van der Waals surface area contributed by atoms with E-state index in [0.717, 1.165) is 11.6 Å². The average molecular weight is 284 g/mol. The van der Waals surface area contributed by atoms with Crippen LogP contribution >= 0.6 is 0 Å². The summed E-state index contributed by atoms with van der Waals surface area (Å²) in [5, 5.41) is 19.0. The molecule has 0 amide bonds. The Hall–Kier alpha value is -2.75. The molecule has 4 heteroatoms. The Balaban J connectivity index is 2.46. The van der Waals surface area contributed by atoms with Gasteiger partial charge in [0.2, 0.25) is 0 Å². The molecule has 0 aliphatic heterocycles. The molecule has 0 spiro atoms. The first-order chi connectivity index (χ1) is 10.1. The maximum absolute atomic E-state index is 10.7. The van der Waals surface area contributed by atoms with E-state index < -0.39 is 5.97 Å². The Labute approximate surface area is 122 Å². The van der Waals surface area contributed by atoms with Gasteiger partial charge in [0, 0.05) is 18.1 Å². The summed E-state index contributed by atoms with van der Waals surface area (Å²) < 4.78 is 5.11. The van der Waals surface area contributed by atoms with E-state index in [-0.39, 0.29) is 5.75 Å². The number of benzene rings is 2. The summed E-state index contributed by atoms with van der Waals surface area (Å²) in [6, 6.07) is 13.0. The van der Waals surface area contributed by atoms with Gasteiger partial charge in [0.1, 0.15) is 0 Å². The minimum absolute atomic E-state index is 0.0360. The number of phenols is 1. The van der Waals surface area contributed by atoms with E-state index >= 15 is 0 Å². The van der Waals surface area contributed by atoms with Crippen LogP contribution in [0, 0.1) is 0 Å². The number of ether oxygens (including phenoxy) is 1. The number of methoxy groups -OCH3 is 1.